The van der Waals surface area contributed by atoms with Gasteiger partial charge in [-0.1, -0.05) is 0 Å². The van der Waals surface area contributed by atoms with Crippen LogP contribution in [0.5, 0.6) is 5.75 Å². The van der Waals surface area contributed by atoms with Gasteiger partial charge in [0.15, 0.2) is 6.10 Å². The zero-order chi connectivity index (χ0) is 17.2. The number of ether oxygens (including phenoxy) is 1. The third-order valence-electron chi connectivity index (χ3n) is 4.17. The van der Waals surface area contributed by atoms with Crippen LogP contribution in [0.4, 0.5) is 30.7 Å². The third-order valence-corrected chi connectivity index (χ3v) is 4.17. The smallest absolute Gasteiger partial charge is 0.343 e. The number of aliphatic hydroxyl groups excluding tert-OH is 1. The lowest BCUT2D eigenvalue weighted by atomic mass is 9.93. The van der Waals surface area contributed by atoms with Crippen molar-refractivity contribution in [1.82, 2.24) is 0 Å². The van der Waals surface area contributed by atoms with E-state index in [1.807, 2.05) is 0 Å². The monoisotopic (exact) mass is 344 g/mol. The first-order valence-corrected chi connectivity index (χ1v) is 6.77. The molecule has 1 unspecified atom stereocenters. The summed E-state index contributed by atoms with van der Waals surface area (Å²) in [7, 11) is 0. The van der Waals surface area contributed by atoms with Gasteiger partial charge in [-0.25, -0.2) is 13.2 Å². The second-order valence-electron chi connectivity index (χ2n) is 5.65. The number of rotatable bonds is 3. The van der Waals surface area contributed by atoms with Crippen LogP contribution in [0.15, 0.2) is 12.1 Å². The summed E-state index contributed by atoms with van der Waals surface area (Å²) < 4.78 is 98.8. The second-order valence-corrected chi connectivity index (χ2v) is 5.65. The van der Waals surface area contributed by atoms with Crippen molar-refractivity contribution >= 4 is 0 Å². The largest absolute Gasteiger partial charge is 0.490 e. The van der Waals surface area contributed by atoms with Crippen LogP contribution in [-0.4, -0.2) is 23.3 Å². The summed E-state index contributed by atoms with van der Waals surface area (Å²) >= 11 is 0. The molecule has 2 nitrogen and oxygen atoms in total. The lowest BCUT2D eigenvalue weighted by Gasteiger charge is -2.31. The van der Waals surface area contributed by atoms with E-state index in [1.165, 1.54) is 0 Å². The third kappa shape index (κ3) is 2.20. The van der Waals surface area contributed by atoms with Crippen LogP contribution in [0, 0.1) is 0 Å². The number of hydrogen-bond acceptors (Lipinski definition) is 2. The van der Waals surface area contributed by atoms with E-state index in [2.05, 4.69) is 0 Å². The Kier molecular flexibility index (Phi) is 3.55. The lowest BCUT2D eigenvalue weighted by Crippen LogP contribution is -2.36. The highest BCUT2D eigenvalue weighted by Crippen LogP contribution is 2.60. The Bertz CT molecular complexity index is 626. The van der Waals surface area contributed by atoms with Crippen molar-refractivity contribution in [2.75, 3.05) is 0 Å². The van der Waals surface area contributed by atoms with Gasteiger partial charge in [-0.3, -0.25) is 0 Å². The van der Waals surface area contributed by atoms with Gasteiger partial charge in [0, 0.05) is 24.0 Å². The maximum Gasteiger partial charge on any atom is 0.343 e. The number of fused-ring (bicyclic) bond motifs is 1. The van der Waals surface area contributed by atoms with Gasteiger partial charge in [0.05, 0.1) is 5.56 Å². The first kappa shape index (κ1) is 16.4. The van der Waals surface area contributed by atoms with Crippen molar-refractivity contribution in [3.8, 4) is 5.75 Å². The van der Waals surface area contributed by atoms with Gasteiger partial charge in [-0.2, -0.15) is 17.6 Å². The molecule has 2 aliphatic carbocycles. The first-order chi connectivity index (χ1) is 10.6. The number of halogens is 7. The van der Waals surface area contributed by atoms with Crippen LogP contribution in [0.3, 0.4) is 0 Å². The van der Waals surface area contributed by atoms with Crippen LogP contribution in [0.2, 0.25) is 0 Å². The van der Waals surface area contributed by atoms with Crippen LogP contribution < -0.4 is 4.74 Å². The topological polar surface area (TPSA) is 29.5 Å². The second kappa shape index (κ2) is 4.99. The lowest BCUT2D eigenvalue weighted by molar-refractivity contribution is -0.246. The number of aliphatic hydroxyl groups is 1. The number of benzene rings is 1. The summed E-state index contributed by atoms with van der Waals surface area (Å²) in [5.74, 6) is -10.3. The van der Waals surface area contributed by atoms with E-state index >= 15 is 0 Å². The zero-order valence-corrected chi connectivity index (χ0v) is 11.4. The molecule has 1 fully saturated rings. The summed E-state index contributed by atoms with van der Waals surface area (Å²) in [5.41, 5.74) is -3.77. The summed E-state index contributed by atoms with van der Waals surface area (Å²) in [6.45, 7) is 0. The van der Waals surface area contributed by atoms with E-state index in [-0.39, 0.29) is 12.8 Å². The normalized spacial score (nSPS) is 30.9. The molecule has 9 heteroatoms. The van der Waals surface area contributed by atoms with Crippen molar-refractivity contribution in [3.63, 3.8) is 0 Å². The Hall–Kier alpha value is -1.51. The fourth-order valence-electron chi connectivity index (χ4n) is 2.82. The summed E-state index contributed by atoms with van der Waals surface area (Å²) in [4.78, 5) is 0. The molecule has 0 aromatic heterocycles. The molecule has 0 bridgehead atoms. The molecule has 2 aliphatic rings. The molecule has 23 heavy (non-hydrogen) atoms. The van der Waals surface area contributed by atoms with Crippen molar-refractivity contribution in [1.29, 1.82) is 0 Å². The molecular formula is C14H11F7O2. The van der Waals surface area contributed by atoms with Crippen molar-refractivity contribution in [3.05, 3.63) is 28.8 Å². The Morgan fingerprint density at radius 3 is 2.26 bits per heavy atom. The maximum atomic E-state index is 13.7. The molecule has 0 spiro atoms. The van der Waals surface area contributed by atoms with Crippen molar-refractivity contribution < 1.29 is 40.6 Å². The highest BCUT2D eigenvalue weighted by Gasteiger charge is 2.69. The molecule has 128 valence electrons. The molecule has 0 saturated heterocycles. The van der Waals surface area contributed by atoms with Gasteiger partial charge in [0.25, 0.3) is 6.43 Å². The Morgan fingerprint density at radius 1 is 1.13 bits per heavy atom. The Morgan fingerprint density at radius 2 is 1.74 bits per heavy atom. The highest BCUT2D eigenvalue weighted by molar-refractivity contribution is 5.53. The summed E-state index contributed by atoms with van der Waals surface area (Å²) in [6.07, 6.45) is -8.50. The Labute approximate surface area is 125 Å². The van der Waals surface area contributed by atoms with Gasteiger partial charge in [0.2, 0.25) is 0 Å². The maximum absolute atomic E-state index is 13.7. The first-order valence-electron chi connectivity index (χ1n) is 6.77. The number of hydrogen-bond donors (Lipinski definition) is 1. The predicted molar refractivity (Wildman–Crippen MR) is 63.7 cm³/mol. The fourth-order valence-corrected chi connectivity index (χ4v) is 2.82. The van der Waals surface area contributed by atoms with E-state index in [1.54, 1.807) is 0 Å². The molecule has 0 aliphatic heterocycles. The van der Waals surface area contributed by atoms with E-state index in [0.717, 1.165) is 6.07 Å². The van der Waals surface area contributed by atoms with E-state index in [9.17, 15) is 35.8 Å². The molecule has 0 heterocycles. The molecule has 1 aromatic carbocycles. The highest BCUT2D eigenvalue weighted by atomic mass is 19.3. The van der Waals surface area contributed by atoms with E-state index in [4.69, 9.17) is 4.74 Å². The summed E-state index contributed by atoms with van der Waals surface area (Å²) in [5, 5.41) is 9.47. The fraction of sp³-hybridized carbons (Fsp3) is 0.571. The van der Waals surface area contributed by atoms with Crippen LogP contribution >= 0.6 is 0 Å². The van der Waals surface area contributed by atoms with Gasteiger partial charge in [0.1, 0.15) is 18.0 Å². The van der Waals surface area contributed by atoms with Gasteiger partial charge >= 0.3 is 11.8 Å². The standard InChI is InChI=1S/C14H11F7O2/c15-5-3-6(4-5)23-8-2-1-7-9(10(8)12(16)17)11(22)14(20,21)13(7,18)19/h1-2,5-6,11-12,22H,3-4H2. The molecule has 0 radical (unpaired) electrons. The predicted octanol–water partition coefficient (Wildman–Crippen LogP) is 4.28. The average molecular weight is 344 g/mol. The number of alkyl halides is 7. The van der Waals surface area contributed by atoms with Crippen LogP contribution in [0.1, 0.15) is 42.1 Å². The van der Waals surface area contributed by atoms with E-state index in [0.29, 0.717) is 6.07 Å². The average Bonchev–Trinajstić information content (AvgIpc) is 2.55. The SMILES string of the molecule is OC1c2c(ccc(OC3CC(F)C3)c2C(F)F)C(F)(F)C1(F)F. The van der Waals surface area contributed by atoms with Gasteiger partial charge in [-0.05, 0) is 12.1 Å². The minimum absolute atomic E-state index is 0.0609. The minimum atomic E-state index is -4.90. The van der Waals surface area contributed by atoms with Gasteiger partial charge < -0.3 is 9.84 Å². The molecule has 0 amide bonds. The zero-order valence-electron chi connectivity index (χ0n) is 11.4. The Balaban J connectivity index is 2.08. The van der Waals surface area contributed by atoms with Gasteiger partial charge in [-0.15, -0.1) is 0 Å². The minimum Gasteiger partial charge on any atom is -0.490 e. The summed E-state index contributed by atoms with van der Waals surface area (Å²) in [6, 6.07) is 1.26. The van der Waals surface area contributed by atoms with Crippen molar-refractivity contribution in [2.45, 2.75) is 49.5 Å². The molecule has 1 N–H and O–H groups in total. The molecule has 1 saturated carbocycles. The molecule has 1 aromatic rings. The van der Waals surface area contributed by atoms with Crippen LogP contribution in [-0.2, 0) is 5.92 Å². The molecular weight excluding hydrogens is 333 g/mol. The molecule has 1 atom stereocenters. The quantitative estimate of drug-likeness (QED) is 0.830. The van der Waals surface area contributed by atoms with Crippen LogP contribution in [0.25, 0.3) is 0 Å². The van der Waals surface area contributed by atoms with Crippen molar-refractivity contribution in [2.24, 2.45) is 0 Å². The van der Waals surface area contributed by atoms with E-state index < -0.39 is 59.1 Å². The molecule has 3 rings (SSSR count).